The number of hydrogen-bond donors (Lipinski definition) is 5. The van der Waals surface area contributed by atoms with Gasteiger partial charge in [0.2, 0.25) is 0 Å². The monoisotopic (exact) mass is 481 g/mol. The number of aryl methyl sites for hydroxylation is 1. The van der Waals surface area contributed by atoms with Gasteiger partial charge in [0.25, 0.3) is 0 Å². The first-order valence-electron chi connectivity index (χ1n) is 11.5. The number of hydrogen-bond acceptors (Lipinski definition) is 5. The predicted molar refractivity (Wildman–Crippen MR) is 150 cm³/mol. The van der Waals surface area contributed by atoms with Crippen molar-refractivity contribution in [3.63, 3.8) is 0 Å². The summed E-state index contributed by atoms with van der Waals surface area (Å²) in [6.07, 6.45) is 1.68. The van der Waals surface area contributed by atoms with Crippen molar-refractivity contribution >= 4 is 40.6 Å². The molecule has 1 aromatic heterocycles. The summed E-state index contributed by atoms with van der Waals surface area (Å²) in [7, 11) is 0. The van der Waals surface area contributed by atoms with Gasteiger partial charge in [-0.2, -0.15) is 0 Å². The minimum atomic E-state index is -0.286. The summed E-state index contributed by atoms with van der Waals surface area (Å²) < 4.78 is 0. The summed E-state index contributed by atoms with van der Waals surface area (Å²) in [5.74, 6) is 0.926. The normalized spacial score (nSPS) is 12.0. The average molecular weight is 482 g/mol. The molecule has 8 heteroatoms. The number of para-hydroxylation sites is 1. The predicted octanol–water partition coefficient (Wildman–Crippen LogP) is 6.36. The minimum Gasteiger partial charge on any atom is -0.338 e. The fourth-order valence-corrected chi connectivity index (χ4v) is 4.06. The van der Waals surface area contributed by atoms with Crippen LogP contribution in [0.5, 0.6) is 0 Å². The van der Waals surface area contributed by atoms with Crippen LogP contribution in [0.15, 0.2) is 91.1 Å². The van der Waals surface area contributed by atoms with E-state index in [-0.39, 0.29) is 22.0 Å². The van der Waals surface area contributed by atoms with Gasteiger partial charge < -0.3 is 16.0 Å². The first kappa shape index (κ1) is 22.8. The SMILES string of the molecule is Cc1cccc(NC(=O)NCc2ccc(C(=N)N3C(=N)c4ccccc4Nc4ncccc43)cc2)c1.[HH].[HH].[HH]. The second-order valence-corrected chi connectivity index (χ2v) is 8.45. The Balaban J connectivity index is 0.00000178. The molecule has 2 amide bonds. The Labute approximate surface area is 213 Å². The Hall–Kier alpha value is -4.98. The van der Waals surface area contributed by atoms with Crippen LogP contribution in [0.4, 0.5) is 27.7 Å². The third kappa shape index (κ3) is 4.65. The fourth-order valence-electron chi connectivity index (χ4n) is 4.06. The van der Waals surface area contributed by atoms with E-state index in [2.05, 4.69) is 20.9 Å². The van der Waals surface area contributed by atoms with E-state index in [0.29, 0.717) is 29.2 Å². The van der Waals surface area contributed by atoms with Crippen molar-refractivity contribution in [2.75, 3.05) is 15.5 Å². The van der Waals surface area contributed by atoms with Crippen molar-refractivity contribution in [1.82, 2.24) is 10.3 Å². The van der Waals surface area contributed by atoms with Crippen molar-refractivity contribution in [3.8, 4) is 0 Å². The molecule has 0 aliphatic carbocycles. The smallest absolute Gasteiger partial charge is 0.319 e. The van der Waals surface area contributed by atoms with Crippen LogP contribution in [0.3, 0.4) is 0 Å². The molecule has 0 bridgehead atoms. The molecule has 1 aliphatic rings. The number of anilines is 4. The molecule has 5 rings (SSSR count). The van der Waals surface area contributed by atoms with Gasteiger partial charge in [0.1, 0.15) is 11.7 Å². The standard InChI is InChI=1S/C28H25N7O.3H2/c1-18-6-4-7-21(16-18)33-28(36)32-17-19-11-13-20(14-12-19)25(29)35-24-10-5-15-31-27(24)34-23-9-3-2-8-22(23)26(35)30;;;/h2-16,29-30H,17H2,1H3,(H,31,34)(H2,32,33,36);3*1H. The molecule has 0 saturated heterocycles. The highest BCUT2D eigenvalue weighted by molar-refractivity contribution is 6.30. The van der Waals surface area contributed by atoms with Crippen molar-refractivity contribution in [1.29, 1.82) is 10.8 Å². The molecule has 36 heavy (non-hydrogen) atoms. The van der Waals surface area contributed by atoms with Gasteiger partial charge in [0.05, 0.1) is 11.4 Å². The molecule has 1 aliphatic heterocycles. The highest BCUT2D eigenvalue weighted by Crippen LogP contribution is 2.34. The topological polar surface area (TPSA) is 117 Å². The van der Waals surface area contributed by atoms with Gasteiger partial charge in [-0.15, -0.1) is 0 Å². The molecule has 0 saturated carbocycles. The van der Waals surface area contributed by atoms with Crippen LogP contribution in [0.25, 0.3) is 0 Å². The molecular weight excluding hydrogens is 450 g/mol. The number of carbonyl (C=O) groups is 1. The van der Waals surface area contributed by atoms with E-state index in [1.807, 2.05) is 85.8 Å². The van der Waals surface area contributed by atoms with E-state index in [1.165, 1.54) is 0 Å². The maximum Gasteiger partial charge on any atom is 0.319 e. The van der Waals surface area contributed by atoms with Crippen molar-refractivity contribution in [2.45, 2.75) is 13.5 Å². The lowest BCUT2D eigenvalue weighted by Gasteiger charge is -2.25. The molecule has 0 atom stereocenters. The number of amidine groups is 2. The molecule has 8 nitrogen and oxygen atoms in total. The number of nitrogens with one attached hydrogen (secondary N) is 5. The molecule has 5 N–H and O–H groups in total. The Bertz CT molecular complexity index is 1480. The molecular formula is C28H31N7O. The number of aromatic nitrogens is 1. The van der Waals surface area contributed by atoms with Crippen LogP contribution in [-0.4, -0.2) is 22.7 Å². The lowest BCUT2D eigenvalue weighted by molar-refractivity contribution is 0.251. The van der Waals surface area contributed by atoms with Gasteiger partial charge in [-0.25, -0.2) is 9.78 Å². The number of benzene rings is 3. The quantitative estimate of drug-likeness (QED) is 0.172. The fraction of sp³-hybridized carbons (Fsp3) is 0.0714. The highest BCUT2D eigenvalue weighted by atomic mass is 16.2. The Morgan fingerprint density at radius 3 is 2.64 bits per heavy atom. The van der Waals surface area contributed by atoms with E-state index in [4.69, 9.17) is 10.8 Å². The van der Waals surface area contributed by atoms with Crippen LogP contribution in [0, 0.1) is 17.7 Å². The number of pyridine rings is 1. The summed E-state index contributed by atoms with van der Waals surface area (Å²) in [4.78, 5) is 18.3. The van der Waals surface area contributed by atoms with Crippen LogP contribution >= 0.6 is 0 Å². The minimum absolute atomic E-state index is 0. The number of nitrogens with zero attached hydrogens (tertiary/aromatic N) is 2. The van der Waals surface area contributed by atoms with E-state index in [1.54, 1.807) is 17.2 Å². The zero-order valence-electron chi connectivity index (χ0n) is 19.7. The number of amides is 2. The molecule has 0 radical (unpaired) electrons. The van der Waals surface area contributed by atoms with Crippen LogP contribution in [0.1, 0.15) is 26.5 Å². The largest absolute Gasteiger partial charge is 0.338 e. The molecule has 0 fully saturated rings. The molecule has 3 aromatic carbocycles. The maximum absolute atomic E-state index is 12.3. The number of carbonyl (C=O) groups excluding carboxylic acids is 1. The highest BCUT2D eigenvalue weighted by Gasteiger charge is 2.28. The molecule has 184 valence electrons. The third-order valence-corrected chi connectivity index (χ3v) is 5.87. The Kier molecular flexibility index (Phi) is 6.15. The molecule has 2 heterocycles. The van der Waals surface area contributed by atoms with Gasteiger partial charge >= 0.3 is 6.03 Å². The van der Waals surface area contributed by atoms with Gasteiger partial charge in [-0.3, -0.25) is 15.7 Å². The zero-order chi connectivity index (χ0) is 25.1. The van der Waals surface area contributed by atoms with Gasteiger partial charge in [-0.1, -0.05) is 48.5 Å². The number of urea groups is 1. The average Bonchev–Trinajstić information content (AvgIpc) is 3.01. The van der Waals surface area contributed by atoms with E-state index < -0.39 is 0 Å². The summed E-state index contributed by atoms with van der Waals surface area (Å²) in [6, 6.07) is 25.9. The second kappa shape index (κ2) is 9.71. The Morgan fingerprint density at radius 1 is 1.03 bits per heavy atom. The molecule has 4 aromatic rings. The number of fused-ring (bicyclic) bond motifs is 2. The van der Waals surface area contributed by atoms with Crippen molar-refractivity contribution in [3.05, 3.63) is 113 Å². The lowest BCUT2D eigenvalue weighted by Crippen LogP contribution is -2.36. The van der Waals surface area contributed by atoms with Crippen LogP contribution in [0.2, 0.25) is 0 Å². The maximum atomic E-state index is 12.3. The van der Waals surface area contributed by atoms with Crippen LogP contribution in [-0.2, 0) is 6.54 Å². The third-order valence-electron chi connectivity index (χ3n) is 5.87. The summed E-state index contributed by atoms with van der Waals surface area (Å²) >= 11 is 0. The van der Waals surface area contributed by atoms with E-state index in [9.17, 15) is 4.79 Å². The summed E-state index contributed by atoms with van der Waals surface area (Å²) in [6.45, 7) is 2.31. The van der Waals surface area contributed by atoms with Crippen molar-refractivity contribution in [2.24, 2.45) is 0 Å². The summed E-state index contributed by atoms with van der Waals surface area (Å²) in [5.41, 5.74) is 5.42. The van der Waals surface area contributed by atoms with E-state index >= 15 is 0 Å². The van der Waals surface area contributed by atoms with Gasteiger partial charge in [-0.05, 0) is 54.4 Å². The van der Waals surface area contributed by atoms with Crippen LogP contribution < -0.4 is 20.9 Å². The first-order valence-corrected chi connectivity index (χ1v) is 11.5. The van der Waals surface area contributed by atoms with Crippen molar-refractivity contribution < 1.29 is 9.07 Å². The molecule has 0 spiro atoms. The van der Waals surface area contributed by atoms with Gasteiger partial charge in [0, 0.05) is 33.8 Å². The number of rotatable bonds is 4. The zero-order valence-corrected chi connectivity index (χ0v) is 19.7. The molecule has 0 unspecified atom stereocenters. The first-order chi connectivity index (χ1) is 17.5. The Morgan fingerprint density at radius 2 is 1.83 bits per heavy atom. The second-order valence-electron chi connectivity index (χ2n) is 8.45. The van der Waals surface area contributed by atoms with E-state index in [0.717, 1.165) is 22.5 Å². The van der Waals surface area contributed by atoms with Gasteiger partial charge in [0.15, 0.2) is 5.82 Å². The summed E-state index contributed by atoms with van der Waals surface area (Å²) in [5, 5.41) is 26.8. The lowest BCUT2D eigenvalue weighted by atomic mass is 10.1.